The van der Waals surface area contributed by atoms with Crippen molar-refractivity contribution in [2.24, 2.45) is 46.3 Å². The zero-order chi connectivity index (χ0) is 19.4. The van der Waals surface area contributed by atoms with Gasteiger partial charge in [-0.15, -0.1) is 0 Å². The fraction of sp³-hybridized carbons (Fsp3) is 0.917. The molecule has 0 aromatic carbocycles. The topological polar surface area (TPSA) is 54.4 Å². The van der Waals surface area contributed by atoms with Crippen molar-refractivity contribution in [2.75, 3.05) is 0 Å². The molecular formula is C24H38O3. The monoisotopic (exact) mass is 374 g/mol. The molecule has 3 heteroatoms. The lowest BCUT2D eigenvalue weighted by Crippen LogP contribution is -2.56. The van der Waals surface area contributed by atoms with Crippen LogP contribution in [0.1, 0.15) is 91.4 Å². The third-order valence-corrected chi connectivity index (χ3v) is 10.0. The maximum Gasteiger partial charge on any atom is 0.303 e. The van der Waals surface area contributed by atoms with Crippen LogP contribution in [-0.4, -0.2) is 16.9 Å². The summed E-state index contributed by atoms with van der Waals surface area (Å²) in [7, 11) is 0. The normalized spacial score (nSPS) is 47.7. The van der Waals surface area contributed by atoms with Crippen LogP contribution < -0.4 is 0 Å². The average molecular weight is 375 g/mol. The molecule has 0 aliphatic heterocycles. The number of Topliss-reactive ketones (excluding diaryl/α,β-unsaturated/α-hetero) is 1. The van der Waals surface area contributed by atoms with E-state index in [0.29, 0.717) is 41.3 Å². The number of fused-ring (bicyclic) bond motifs is 5. The van der Waals surface area contributed by atoms with E-state index in [1.54, 1.807) is 0 Å². The second-order valence-corrected chi connectivity index (χ2v) is 10.9. The lowest BCUT2D eigenvalue weighted by Gasteiger charge is -2.60. The van der Waals surface area contributed by atoms with Gasteiger partial charge >= 0.3 is 5.97 Å². The minimum atomic E-state index is -0.708. The Morgan fingerprint density at radius 2 is 1.89 bits per heavy atom. The molecule has 3 nitrogen and oxygen atoms in total. The standard InChI is InChI=1S/C24H38O3/c1-15(7-12-22(26)27)18-10-11-19-17-9-8-16-6-4-5-13-23(16,2)20(17)14-21(25)24(18,19)3/h15-20H,4-14H2,1-3H3,(H,26,27)/t15-,16-,17-,18-,19-,20-,23+,24+/m1/s1. The largest absolute Gasteiger partial charge is 0.481 e. The third-order valence-electron chi connectivity index (χ3n) is 10.0. The Labute approximate surface area is 164 Å². The minimum Gasteiger partial charge on any atom is -0.481 e. The summed E-state index contributed by atoms with van der Waals surface area (Å²) in [5.41, 5.74) is 0.197. The fourth-order valence-corrected chi connectivity index (χ4v) is 8.50. The lowest BCUT2D eigenvalue weighted by molar-refractivity contribution is -0.157. The molecule has 0 bridgehead atoms. The van der Waals surface area contributed by atoms with Crippen LogP contribution >= 0.6 is 0 Å². The zero-order valence-corrected chi connectivity index (χ0v) is 17.5. The first kappa shape index (κ1) is 19.5. The summed E-state index contributed by atoms with van der Waals surface area (Å²) < 4.78 is 0. The molecule has 0 saturated heterocycles. The van der Waals surface area contributed by atoms with Gasteiger partial charge in [-0.1, -0.05) is 33.6 Å². The van der Waals surface area contributed by atoms with Gasteiger partial charge in [0.25, 0.3) is 0 Å². The number of aliphatic carboxylic acids is 1. The predicted octanol–water partition coefficient (Wildman–Crippen LogP) is 5.72. The second-order valence-electron chi connectivity index (χ2n) is 10.9. The summed E-state index contributed by atoms with van der Waals surface area (Å²) in [4.78, 5) is 24.6. The summed E-state index contributed by atoms with van der Waals surface area (Å²) in [6, 6.07) is 0. The molecule has 4 aliphatic carbocycles. The van der Waals surface area contributed by atoms with Crippen molar-refractivity contribution >= 4 is 11.8 Å². The van der Waals surface area contributed by atoms with Gasteiger partial charge in [-0.25, -0.2) is 0 Å². The zero-order valence-electron chi connectivity index (χ0n) is 17.5. The van der Waals surface area contributed by atoms with Crippen molar-refractivity contribution in [3.8, 4) is 0 Å². The van der Waals surface area contributed by atoms with Gasteiger partial charge in [0, 0.05) is 18.3 Å². The summed E-state index contributed by atoms with van der Waals surface area (Å²) in [6.07, 6.45) is 12.2. The first-order valence-corrected chi connectivity index (χ1v) is 11.5. The SMILES string of the molecule is C[C@H](CCC(=O)O)[C@H]1CC[C@@H]2[C@H]3CC[C@H]4CCCC[C@]4(C)[C@@H]3CC(=O)[C@]21C. The number of rotatable bonds is 4. The Bertz CT molecular complexity index is 613. The van der Waals surface area contributed by atoms with Crippen molar-refractivity contribution in [1.82, 2.24) is 0 Å². The summed E-state index contributed by atoms with van der Waals surface area (Å²) in [6.45, 7) is 6.98. The van der Waals surface area contributed by atoms with Crippen LogP contribution in [0.25, 0.3) is 0 Å². The summed E-state index contributed by atoms with van der Waals surface area (Å²) in [5.74, 6) is 3.24. The van der Waals surface area contributed by atoms with E-state index in [4.69, 9.17) is 5.11 Å². The van der Waals surface area contributed by atoms with E-state index >= 15 is 0 Å². The van der Waals surface area contributed by atoms with E-state index in [-0.39, 0.29) is 11.8 Å². The van der Waals surface area contributed by atoms with E-state index in [1.165, 1.54) is 44.9 Å². The summed E-state index contributed by atoms with van der Waals surface area (Å²) in [5, 5.41) is 9.08. The van der Waals surface area contributed by atoms with Gasteiger partial charge in [0.2, 0.25) is 0 Å². The molecule has 0 aromatic heterocycles. The molecule has 152 valence electrons. The van der Waals surface area contributed by atoms with E-state index in [9.17, 15) is 9.59 Å². The van der Waals surface area contributed by atoms with E-state index in [2.05, 4.69) is 20.8 Å². The Morgan fingerprint density at radius 1 is 1.11 bits per heavy atom. The van der Waals surface area contributed by atoms with Gasteiger partial charge in [-0.05, 0) is 85.9 Å². The molecule has 0 spiro atoms. The quantitative estimate of drug-likeness (QED) is 0.685. The van der Waals surface area contributed by atoms with Gasteiger partial charge in [0.05, 0.1) is 0 Å². The average Bonchev–Trinajstić information content (AvgIpc) is 2.99. The number of carbonyl (C=O) groups excluding carboxylic acids is 1. The molecule has 4 fully saturated rings. The molecule has 1 N–H and O–H groups in total. The lowest BCUT2D eigenvalue weighted by atomic mass is 9.44. The highest BCUT2D eigenvalue weighted by Gasteiger charge is 2.63. The van der Waals surface area contributed by atoms with Crippen LogP contribution in [0, 0.1) is 46.3 Å². The Hall–Kier alpha value is -0.860. The van der Waals surface area contributed by atoms with Gasteiger partial charge in [-0.2, -0.15) is 0 Å². The molecule has 27 heavy (non-hydrogen) atoms. The van der Waals surface area contributed by atoms with E-state index in [0.717, 1.165) is 24.7 Å². The Morgan fingerprint density at radius 3 is 2.63 bits per heavy atom. The molecule has 4 aliphatic rings. The Balaban J connectivity index is 1.58. The second kappa shape index (κ2) is 6.88. The number of carboxylic acids is 1. The highest BCUT2D eigenvalue weighted by atomic mass is 16.4. The molecule has 0 aromatic rings. The summed E-state index contributed by atoms with van der Waals surface area (Å²) >= 11 is 0. The van der Waals surface area contributed by atoms with Crippen molar-refractivity contribution in [3.05, 3.63) is 0 Å². The maximum absolute atomic E-state index is 13.6. The molecule has 0 radical (unpaired) electrons. The van der Waals surface area contributed by atoms with Gasteiger partial charge < -0.3 is 5.11 Å². The first-order chi connectivity index (χ1) is 12.8. The van der Waals surface area contributed by atoms with Crippen LogP contribution in [0.4, 0.5) is 0 Å². The molecular weight excluding hydrogens is 336 g/mol. The van der Waals surface area contributed by atoms with Crippen molar-refractivity contribution < 1.29 is 14.7 Å². The number of hydrogen-bond acceptors (Lipinski definition) is 2. The van der Waals surface area contributed by atoms with Crippen molar-refractivity contribution in [1.29, 1.82) is 0 Å². The molecule has 0 amide bonds. The van der Waals surface area contributed by atoms with Crippen LogP contribution in [0.3, 0.4) is 0 Å². The number of carboxylic acid groups (broad SMARTS) is 1. The van der Waals surface area contributed by atoms with Crippen LogP contribution in [-0.2, 0) is 9.59 Å². The Kier molecular flexibility index (Phi) is 4.96. The molecule has 8 atom stereocenters. The van der Waals surface area contributed by atoms with Gasteiger partial charge in [0.1, 0.15) is 5.78 Å². The molecule has 4 rings (SSSR count). The van der Waals surface area contributed by atoms with Crippen molar-refractivity contribution in [3.63, 3.8) is 0 Å². The van der Waals surface area contributed by atoms with Gasteiger partial charge in [-0.3, -0.25) is 9.59 Å². The minimum absolute atomic E-state index is 0.197. The maximum atomic E-state index is 13.6. The van der Waals surface area contributed by atoms with Crippen LogP contribution in [0.5, 0.6) is 0 Å². The fourth-order valence-electron chi connectivity index (χ4n) is 8.50. The van der Waals surface area contributed by atoms with Crippen molar-refractivity contribution in [2.45, 2.75) is 91.4 Å². The third kappa shape index (κ3) is 2.90. The van der Waals surface area contributed by atoms with E-state index in [1.807, 2.05) is 0 Å². The number of ketones is 1. The predicted molar refractivity (Wildman–Crippen MR) is 106 cm³/mol. The smallest absolute Gasteiger partial charge is 0.303 e. The number of carbonyl (C=O) groups is 2. The van der Waals surface area contributed by atoms with E-state index < -0.39 is 5.97 Å². The van der Waals surface area contributed by atoms with Crippen LogP contribution in [0.15, 0.2) is 0 Å². The highest BCUT2D eigenvalue weighted by molar-refractivity contribution is 5.87. The highest BCUT2D eigenvalue weighted by Crippen LogP contribution is 2.67. The molecule has 0 unspecified atom stereocenters. The van der Waals surface area contributed by atoms with Gasteiger partial charge in [0.15, 0.2) is 0 Å². The first-order valence-electron chi connectivity index (χ1n) is 11.5. The molecule has 0 heterocycles. The molecule has 4 saturated carbocycles. The van der Waals surface area contributed by atoms with Crippen LogP contribution in [0.2, 0.25) is 0 Å². The number of hydrogen-bond donors (Lipinski definition) is 1.